The van der Waals surface area contributed by atoms with E-state index in [1.807, 2.05) is 24.3 Å². The van der Waals surface area contributed by atoms with Crippen molar-refractivity contribution < 1.29 is 18.7 Å². The number of amides is 1. The Morgan fingerprint density at radius 1 is 0.969 bits per heavy atom. The Labute approximate surface area is 189 Å². The van der Waals surface area contributed by atoms with Crippen molar-refractivity contribution in [3.8, 4) is 0 Å². The Balaban J connectivity index is 1.55. The number of esters is 1. The molecule has 2 N–H and O–H groups in total. The maximum Gasteiger partial charge on any atom is 0.329 e. The molecule has 0 bridgehead atoms. The molecule has 0 radical (unpaired) electrons. The molecule has 4 aromatic rings. The molecule has 32 heavy (non-hydrogen) atoms. The Bertz CT molecular complexity index is 1250. The van der Waals surface area contributed by atoms with Crippen molar-refractivity contribution in [3.63, 3.8) is 0 Å². The summed E-state index contributed by atoms with van der Waals surface area (Å²) in [5.74, 6) is -1.55. The molecule has 0 saturated heterocycles. The van der Waals surface area contributed by atoms with Crippen LogP contribution in [0.4, 0.5) is 4.39 Å². The number of H-pyrrole nitrogens is 1. The number of carbonyl (C=O) groups is 2. The molecule has 1 atom stereocenters. The number of para-hydroxylation sites is 1. The molecule has 0 saturated carbocycles. The highest BCUT2D eigenvalue weighted by Gasteiger charge is 2.25. The zero-order chi connectivity index (χ0) is 22.5. The van der Waals surface area contributed by atoms with E-state index in [1.165, 1.54) is 6.07 Å². The maximum absolute atomic E-state index is 13.9. The summed E-state index contributed by atoms with van der Waals surface area (Å²) in [5.41, 5.74) is 2.39. The second kappa shape index (κ2) is 9.66. The van der Waals surface area contributed by atoms with Crippen molar-refractivity contribution in [2.24, 2.45) is 0 Å². The second-order valence-corrected chi connectivity index (χ2v) is 7.73. The number of nitrogens with one attached hydrogen (secondary N) is 2. The minimum absolute atomic E-state index is 0.208. The van der Waals surface area contributed by atoms with Crippen LogP contribution < -0.4 is 5.32 Å². The van der Waals surface area contributed by atoms with Gasteiger partial charge in [0.15, 0.2) is 0 Å². The Kier molecular flexibility index (Phi) is 6.52. The molecular weight excluding hydrogens is 431 g/mol. The summed E-state index contributed by atoms with van der Waals surface area (Å²) in [7, 11) is 0. The molecule has 3 aromatic carbocycles. The highest BCUT2D eigenvalue weighted by atomic mass is 35.5. The zero-order valence-electron chi connectivity index (χ0n) is 17.0. The molecule has 1 aromatic heterocycles. The molecule has 4 rings (SSSR count). The third kappa shape index (κ3) is 4.98. The minimum Gasteiger partial charge on any atom is -0.459 e. The van der Waals surface area contributed by atoms with Crippen LogP contribution in [0.25, 0.3) is 10.9 Å². The number of aromatic amines is 1. The lowest BCUT2D eigenvalue weighted by molar-refractivity contribution is -0.147. The third-order valence-corrected chi connectivity index (χ3v) is 5.37. The van der Waals surface area contributed by atoms with E-state index in [-0.39, 0.29) is 18.6 Å². The summed E-state index contributed by atoms with van der Waals surface area (Å²) in [4.78, 5) is 28.8. The van der Waals surface area contributed by atoms with Crippen LogP contribution in [0.2, 0.25) is 5.02 Å². The number of benzene rings is 3. The number of halogens is 2. The Morgan fingerprint density at radius 2 is 1.69 bits per heavy atom. The SMILES string of the molecule is O=C(NC(Cc1c[nH]c2ccccc12)C(=O)OCc1ccccc1F)c1ccc(Cl)cc1. The van der Waals surface area contributed by atoms with Gasteiger partial charge in [-0.05, 0) is 42.0 Å². The molecule has 0 aliphatic heterocycles. The molecule has 1 unspecified atom stereocenters. The monoisotopic (exact) mass is 450 g/mol. The van der Waals surface area contributed by atoms with E-state index in [9.17, 15) is 14.0 Å². The quantitative estimate of drug-likeness (QED) is 0.387. The second-order valence-electron chi connectivity index (χ2n) is 7.30. The molecule has 7 heteroatoms. The molecule has 0 aliphatic rings. The minimum atomic E-state index is -0.968. The van der Waals surface area contributed by atoms with Gasteiger partial charge in [-0.15, -0.1) is 0 Å². The van der Waals surface area contributed by atoms with Gasteiger partial charge >= 0.3 is 5.97 Å². The highest BCUT2D eigenvalue weighted by molar-refractivity contribution is 6.30. The summed E-state index contributed by atoms with van der Waals surface area (Å²) in [6, 6.07) is 19.1. The van der Waals surface area contributed by atoms with E-state index in [1.54, 1.807) is 48.7 Å². The Hall–Kier alpha value is -3.64. The lowest BCUT2D eigenvalue weighted by Crippen LogP contribution is -2.43. The largest absolute Gasteiger partial charge is 0.459 e. The van der Waals surface area contributed by atoms with Crippen LogP contribution in [-0.2, 0) is 22.6 Å². The van der Waals surface area contributed by atoms with Gasteiger partial charge in [0.1, 0.15) is 18.5 Å². The van der Waals surface area contributed by atoms with Gasteiger partial charge in [-0.2, -0.15) is 0 Å². The van der Waals surface area contributed by atoms with E-state index >= 15 is 0 Å². The molecule has 1 amide bonds. The first-order valence-corrected chi connectivity index (χ1v) is 10.4. The van der Waals surface area contributed by atoms with Crippen LogP contribution >= 0.6 is 11.6 Å². The zero-order valence-corrected chi connectivity index (χ0v) is 17.7. The van der Waals surface area contributed by atoms with Gasteiger partial charge in [0.05, 0.1) is 0 Å². The summed E-state index contributed by atoms with van der Waals surface area (Å²) < 4.78 is 19.3. The van der Waals surface area contributed by atoms with Gasteiger partial charge in [0.2, 0.25) is 0 Å². The van der Waals surface area contributed by atoms with Gasteiger partial charge < -0.3 is 15.0 Å². The normalized spacial score (nSPS) is 11.8. The number of hydrogen-bond acceptors (Lipinski definition) is 3. The van der Waals surface area contributed by atoms with Gasteiger partial charge in [0, 0.05) is 39.7 Å². The average molecular weight is 451 g/mol. The fraction of sp³-hybridized carbons (Fsp3) is 0.120. The predicted molar refractivity (Wildman–Crippen MR) is 121 cm³/mol. The number of aromatic nitrogens is 1. The van der Waals surface area contributed by atoms with Crippen LogP contribution in [0.3, 0.4) is 0 Å². The fourth-order valence-corrected chi connectivity index (χ4v) is 3.55. The number of hydrogen-bond donors (Lipinski definition) is 2. The molecule has 5 nitrogen and oxygen atoms in total. The Morgan fingerprint density at radius 3 is 2.47 bits per heavy atom. The van der Waals surface area contributed by atoms with Crippen LogP contribution in [0.15, 0.2) is 79.0 Å². The first-order chi connectivity index (χ1) is 15.5. The van der Waals surface area contributed by atoms with Crippen molar-refractivity contribution in [2.75, 3.05) is 0 Å². The van der Waals surface area contributed by atoms with E-state index in [0.29, 0.717) is 10.6 Å². The predicted octanol–water partition coefficient (Wildman–Crippen LogP) is 5.04. The van der Waals surface area contributed by atoms with Gasteiger partial charge in [-0.25, -0.2) is 9.18 Å². The summed E-state index contributed by atoms with van der Waals surface area (Å²) >= 11 is 5.90. The molecule has 0 fully saturated rings. The van der Waals surface area contributed by atoms with Crippen molar-refractivity contribution in [2.45, 2.75) is 19.1 Å². The lowest BCUT2D eigenvalue weighted by Gasteiger charge is -2.18. The number of carbonyl (C=O) groups excluding carboxylic acids is 2. The lowest BCUT2D eigenvalue weighted by atomic mass is 10.0. The summed E-state index contributed by atoms with van der Waals surface area (Å²) in [6.45, 7) is -0.229. The molecule has 162 valence electrons. The third-order valence-electron chi connectivity index (χ3n) is 5.12. The topological polar surface area (TPSA) is 71.2 Å². The highest BCUT2D eigenvalue weighted by Crippen LogP contribution is 2.20. The molecule has 0 spiro atoms. The smallest absolute Gasteiger partial charge is 0.329 e. The van der Waals surface area contributed by atoms with Crippen LogP contribution in [0.5, 0.6) is 0 Å². The molecule has 0 aliphatic carbocycles. The number of fused-ring (bicyclic) bond motifs is 1. The van der Waals surface area contributed by atoms with Crippen molar-refractivity contribution in [3.05, 3.63) is 107 Å². The van der Waals surface area contributed by atoms with E-state index in [2.05, 4.69) is 10.3 Å². The van der Waals surface area contributed by atoms with E-state index < -0.39 is 23.7 Å². The van der Waals surface area contributed by atoms with Crippen LogP contribution in [0, 0.1) is 5.82 Å². The summed E-state index contributed by atoms with van der Waals surface area (Å²) in [5, 5.41) is 4.19. The summed E-state index contributed by atoms with van der Waals surface area (Å²) in [6.07, 6.45) is 2.01. The van der Waals surface area contributed by atoms with Gasteiger partial charge in [0.25, 0.3) is 5.91 Å². The van der Waals surface area contributed by atoms with E-state index in [4.69, 9.17) is 16.3 Å². The van der Waals surface area contributed by atoms with Crippen molar-refractivity contribution >= 4 is 34.4 Å². The number of ether oxygens (including phenoxy) is 1. The maximum atomic E-state index is 13.9. The van der Waals surface area contributed by atoms with E-state index in [0.717, 1.165) is 16.5 Å². The number of rotatable bonds is 7. The first kappa shape index (κ1) is 21.6. The van der Waals surface area contributed by atoms with Crippen molar-refractivity contribution in [1.29, 1.82) is 0 Å². The standard InChI is InChI=1S/C25H20ClFN2O3/c26-19-11-9-16(10-12-19)24(30)29-23(13-18-14-28-22-8-4-2-6-20(18)22)25(31)32-15-17-5-1-3-7-21(17)27/h1-12,14,23,28H,13,15H2,(H,29,30). The average Bonchev–Trinajstić information content (AvgIpc) is 3.21. The first-order valence-electron chi connectivity index (χ1n) is 10.0. The van der Waals surface area contributed by atoms with Crippen LogP contribution in [0.1, 0.15) is 21.5 Å². The molecule has 1 heterocycles. The van der Waals surface area contributed by atoms with Crippen LogP contribution in [-0.4, -0.2) is 22.9 Å². The molecular formula is C25H20ClFN2O3. The van der Waals surface area contributed by atoms with Gasteiger partial charge in [-0.3, -0.25) is 4.79 Å². The van der Waals surface area contributed by atoms with Gasteiger partial charge in [-0.1, -0.05) is 48.0 Å². The van der Waals surface area contributed by atoms with Crippen molar-refractivity contribution in [1.82, 2.24) is 10.3 Å². The fourth-order valence-electron chi connectivity index (χ4n) is 3.42.